The molecule has 0 saturated heterocycles. The van der Waals surface area contributed by atoms with E-state index in [1.165, 1.54) is 0 Å². The molecule has 0 bridgehead atoms. The summed E-state index contributed by atoms with van der Waals surface area (Å²) in [6.07, 6.45) is 4.61. The van der Waals surface area contributed by atoms with Gasteiger partial charge in [-0.3, -0.25) is 4.79 Å². The van der Waals surface area contributed by atoms with E-state index < -0.39 is 5.67 Å². The summed E-state index contributed by atoms with van der Waals surface area (Å²) < 4.78 is 14.8. The summed E-state index contributed by atoms with van der Waals surface area (Å²) >= 11 is 0. The van der Waals surface area contributed by atoms with Crippen LogP contribution in [0.4, 0.5) is 4.39 Å². The van der Waals surface area contributed by atoms with Crippen LogP contribution in [0.1, 0.15) is 54.9 Å². The van der Waals surface area contributed by atoms with Crippen LogP contribution in [-0.2, 0) is 6.42 Å². The van der Waals surface area contributed by atoms with Crippen molar-refractivity contribution in [3.8, 4) is 11.8 Å². The molecule has 0 radical (unpaired) electrons. The van der Waals surface area contributed by atoms with Gasteiger partial charge in [-0.1, -0.05) is 30.4 Å². The maximum atomic E-state index is 14.8. The quantitative estimate of drug-likeness (QED) is 0.841. The second-order valence-corrected chi connectivity index (χ2v) is 5.56. The Morgan fingerprint density at radius 1 is 1.29 bits per heavy atom. The van der Waals surface area contributed by atoms with Crippen LogP contribution in [0.2, 0.25) is 0 Å². The number of alkyl halides is 1. The number of carbonyl (C=O) groups excluding carboxylic acids is 1. The summed E-state index contributed by atoms with van der Waals surface area (Å²) in [5, 5.41) is 2.75. The Hall–Kier alpha value is -1.82. The first kappa shape index (κ1) is 15.6. The van der Waals surface area contributed by atoms with E-state index in [-0.39, 0.29) is 5.91 Å². The molecule has 0 aromatic heterocycles. The molecular weight excluding hydrogens is 265 g/mol. The molecule has 1 aromatic rings. The van der Waals surface area contributed by atoms with Gasteiger partial charge in [0.1, 0.15) is 0 Å². The van der Waals surface area contributed by atoms with Gasteiger partial charge in [0.25, 0.3) is 5.91 Å². The third kappa shape index (κ3) is 4.60. The highest BCUT2D eigenvalue weighted by atomic mass is 19.1. The van der Waals surface area contributed by atoms with Crippen LogP contribution in [0.3, 0.4) is 0 Å². The van der Waals surface area contributed by atoms with Crippen molar-refractivity contribution in [2.75, 3.05) is 6.54 Å². The Morgan fingerprint density at radius 3 is 2.76 bits per heavy atom. The minimum absolute atomic E-state index is 0.0928. The molecule has 0 spiro atoms. The van der Waals surface area contributed by atoms with E-state index in [1.54, 1.807) is 12.1 Å². The third-order valence-electron chi connectivity index (χ3n) is 3.73. The van der Waals surface area contributed by atoms with Crippen LogP contribution in [-0.4, -0.2) is 18.1 Å². The number of nitrogens with one attached hydrogen (secondary N) is 1. The van der Waals surface area contributed by atoms with Gasteiger partial charge in [0, 0.05) is 24.9 Å². The molecule has 1 atom stereocenters. The van der Waals surface area contributed by atoms with Gasteiger partial charge in [-0.15, -0.1) is 0 Å². The normalized spacial score (nSPS) is 21.6. The van der Waals surface area contributed by atoms with Gasteiger partial charge in [-0.25, -0.2) is 4.39 Å². The molecule has 21 heavy (non-hydrogen) atoms. The maximum Gasteiger partial charge on any atom is 0.251 e. The summed E-state index contributed by atoms with van der Waals surface area (Å²) in [4.78, 5) is 11.7. The van der Waals surface area contributed by atoms with Crippen LogP contribution in [0.5, 0.6) is 0 Å². The van der Waals surface area contributed by atoms with Crippen molar-refractivity contribution in [3.05, 3.63) is 35.4 Å². The largest absolute Gasteiger partial charge is 0.352 e. The monoisotopic (exact) mass is 287 g/mol. The summed E-state index contributed by atoms with van der Waals surface area (Å²) in [5.74, 6) is 5.67. The second kappa shape index (κ2) is 7.26. The lowest BCUT2D eigenvalue weighted by atomic mass is 9.89. The van der Waals surface area contributed by atoms with Crippen molar-refractivity contribution >= 4 is 5.91 Å². The Kier molecular flexibility index (Phi) is 5.38. The zero-order valence-corrected chi connectivity index (χ0v) is 12.5. The van der Waals surface area contributed by atoms with Gasteiger partial charge >= 0.3 is 0 Å². The molecule has 112 valence electrons. The zero-order valence-electron chi connectivity index (χ0n) is 12.5. The van der Waals surface area contributed by atoms with E-state index >= 15 is 0 Å². The number of rotatable bonds is 4. The van der Waals surface area contributed by atoms with Crippen LogP contribution in [0, 0.1) is 11.8 Å². The summed E-state index contributed by atoms with van der Waals surface area (Å²) in [5.41, 5.74) is 0.0749. The SMILES string of the molecule is CCNC(=O)c1ccc(CC2(F)C#CCCCCC2)cc1. The van der Waals surface area contributed by atoms with Crippen LogP contribution < -0.4 is 5.32 Å². The highest BCUT2D eigenvalue weighted by Gasteiger charge is 2.27. The first-order valence-corrected chi connectivity index (χ1v) is 7.69. The lowest BCUT2D eigenvalue weighted by molar-refractivity contribution is 0.0956. The fourth-order valence-electron chi connectivity index (χ4n) is 2.57. The van der Waals surface area contributed by atoms with Crippen LogP contribution >= 0.6 is 0 Å². The highest BCUT2D eigenvalue weighted by Crippen LogP contribution is 2.26. The Labute approximate surface area is 126 Å². The van der Waals surface area contributed by atoms with E-state index in [0.29, 0.717) is 24.9 Å². The van der Waals surface area contributed by atoms with Gasteiger partial charge < -0.3 is 5.32 Å². The van der Waals surface area contributed by atoms with Gasteiger partial charge in [0.2, 0.25) is 0 Å². The molecule has 3 heteroatoms. The second-order valence-electron chi connectivity index (χ2n) is 5.56. The van der Waals surface area contributed by atoms with Crippen molar-refractivity contribution in [3.63, 3.8) is 0 Å². The average molecular weight is 287 g/mol. The zero-order chi connectivity index (χ0) is 15.1. The number of carbonyl (C=O) groups is 1. The molecular formula is C18H22FNO. The summed E-state index contributed by atoms with van der Waals surface area (Å²) in [7, 11) is 0. The molecule has 1 aliphatic rings. The van der Waals surface area contributed by atoms with Crippen LogP contribution in [0.15, 0.2) is 24.3 Å². The molecule has 1 amide bonds. The van der Waals surface area contributed by atoms with E-state index in [2.05, 4.69) is 17.2 Å². The van der Waals surface area contributed by atoms with E-state index in [9.17, 15) is 9.18 Å². The lowest BCUT2D eigenvalue weighted by Gasteiger charge is -2.21. The predicted molar refractivity (Wildman–Crippen MR) is 82.9 cm³/mol. The van der Waals surface area contributed by atoms with Gasteiger partial charge in [-0.2, -0.15) is 0 Å². The number of benzene rings is 1. The minimum Gasteiger partial charge on any atom is -0.352 e. The molecule has 2 nitrogen and oxygen atoms in total. The lowest BCUT2D eigenvalue weighted by Crippen LogP contribution is -2.25. The van der Waals surface area contributed by atoms with Gasteiger partial charge in [-0.05, 0) is 43.9 Å². The molecule has 1 aliphatic carbocycles. The highest BCUT2D eigenvalue weighted by molar-refractivity contribution is 5.94. The van der Waals surface area contributed by atoms with Gasteiger partial charge in [0.15, 0.2) is 5.67 Å². The van der Waals surface area contributed by atoms with Crippen molar-refractivity contribution in [2.45, 2.75) is 51.1 Å². The van der Waals surface area contributed by atoms with E-state index in [4.69, 9.17) is 0 Å². The molecule has 0 saturated carbocycles. The number of halogens is 1. The topological polar surface area (TPSA) is 29.1 Å². The van der Waals surface area contributed by atoms with Crippen LogP contribution in [0.25, 0.3) is 0 Å². The third-order valence-corrected chi connectivity index (χ3v) is 3.73. The Bertz CT molecular complexity index is 541. The number of hydrogen-bond donors (Lipinski definition) is 1. The van der Waals surface area contributed by atoms with Crippen molar-refractivity contribution in [1.29, 1.82) is 0 Å². The molecule has 0 fully saturated rings. The van der Waals surface area contributed by atoms with Gasteiger partial charge in [0.05, 0.1) is 0 Å². The van der Waals surface area contributed by atoms with Crippen molar-refractivity contribution in [2.24, 2.45) is 0 Å². The standard InChI is InChI=1S/C18H22FNO/c1-2-20-17(21)16-10-8-15(9-11-16)14-18(19)12-6-4-3-5-7-13-18/h8-11H,2-6,12,14H2,1H3,(H,20,21). The summed E-state index contributed by atoms with van der Waals surface area (Å²) in [6, 6.07) is 7.15. The molecule has 1 aromatic carbocycles. The molecule has 1 unspecified atom stereocenters. The average Bonchev–Trinajstić information content (AvgIpc) is 2.45. The fourth-order valence-corrected chi connectivity index (χ4v) is 2.57. The number of hydrogen-bond acceptors (Lipinski definition) is 1. The molecule has 0 heterocycles. The van der Waals surface area contributed by atoms with Crippen molar-refractivity contribution < 1.29 is 9.18 Å². The fraction of sp³-hybridized carbons (Fsp3) is 0.500. The smallest absolute Gasteiger partial charge is 0.251 e. The minimum atomic E-state index is -1.42. The molecule has 0 aliphatic heterocycles. The number of amides is 1. The Morgan fingerprint density at radius 2 is 2.05 bits per heavy atom. The first-order valence-electron chi connectivity index (χ1n) is 7.69. The summed E-state index contributed by atoms with van der Waals surface area (Å²) in [6.45, 7) is 2.48. The first-order chi connectivity index (χ1) is 10.1. The predicted octanol–water partition coefficient (Wildman–Crippen LogP) is 3.65. The van der Waals surface area contributed by atoms with Crippen molar-refractivity contribution in [1.82, 2.24) is 5.32 Å². The van der Waals surface area contributed by atoms with E-state index in [1.807, 2.05) is 19.1 Å². The maximum absolute atomic E-state index is 14.8. The Balaban J connectivity index is 2.06. The molecule has 1 N–H and O–H groups in total. The molecule has 2 rings (SSSR count). The van der Waals surface area contributed by atoms with E-state index in [0.717, 1.165) is 31.2 Å².